The van der Waals surface area contributed by atoms with Gasteiger partial charge in [-0.25, -0.2) is 4.39 Å². The molecular formula is C11H14BrClFN. The summed E-state index contributed by atoms with van der Waals surface area (Å²) in [6.07, 6.45) is -0.194. The molecule has 1 aromatic carbocycles. The zero-order chi connectivity index (χ0) is 10.2. The lowest BCUT2D eigenvalue weighted by Gasteiger charge is -2.27. The summed E-state index contributed by atoms with van der Waals surface area (Å²) in [5.41, 5.74) is 0.501. The van der Waals surface area contributed by atoms with E-state index in [2.05, 4.69) is 21.2 Å². The number of hydrogen-bond donors (Lipinski definition) is 1. The Kier molecular flexibility index (Phi) is 4.15. The zero-order valence-corrected chi connectivity index (χ0v) is 10.9. The van der Waals surface area contributed by atoms with E-state index >= 15 is 0 Å². The van der Waals surface area contributed by atoms with Crippen LogP contribution in [-0.2, 0) is 5.54 Å². The molecule has 1 saturated heterocycles. The fraction of sp³-hybridized carbons (Fsp3) is 0.455. The molecule has 0 amide bonds. The van der Waals surface area contributed by atoms with Crippen LogP contribution in [0.25, 0.3) is 0 Å². The zero-order valence-electron chi connectivity index (χ0n) is 8.47. The second-order valence-electron chi connectivity index (χ2n) is 3.90. The fourth-order valence-corrected chi connectivity index (χ4v) is 2.35. The van der Waals surface area contributed by atoms with Crippen molar-refractivity contribution < 1.29 is 4.39 Å². The minimum absolute atomic E-state index is 0. The van der Waals surface area contributed by atoms with Gasteiger partial charge >= 0.3 is 0 Å². The molecule has 2 rings (SSSR count). The Bertz CT molecular complexity index is 347. The van der Waals surface area contributed by atoms with E-state index in [1.165, 1.54) is 0 Å². The van der Waals surface area contributed by atoms with Crippen molar-refractivity contribution in [2.45, 2.75) is 25.1 Å². The molecule has 1 aromatic rings. The maximum absolute atomic E-state index is 13.7. The van der Waals surface area contributed by atoms with E-state index < -0.39 is 11.7 Å². The Morgan fingerprint density at radius 2 is 2.27 bits per heavy atom. The average molecular weight is 295 g/mol. The van der Waals surface area contributed by atoms with Crippen molar-refractivity contribution >= 4 is 28.3 Å². The Hall–Kier alpha value is -0.120. The standard InChI is InChI=1S/C11H13BrFN.ClH/c1-11(10(13)5-6-14-11)8-3-2-4-9(12)7-8;/h2-4,7,10,14H,5-6H2,1H3;1H. The van der Waals surface area contributed by atoms with Crippen molar-refractivity contribution in [1.29, 1.82) is 0 Å². The summed E-state index contributed by atoms with van der Waals surface area (Å²) < 4.78 is 14.7. The van der Waals surface area contributed by atoms with Crippen molar-refractivity contribution in [3.8, 4) is 0 Å². The van der Waals surface area contributed by atoms with Crippen molar-refractivity contribution in [3.05, 3.63) is 34.3 Å². The molecule has 84 valence electrons. The molecule has 4 heteroatoms. The maximum atomic E-state index is 13.7. The van der Waals surface area contributed by atoms with Gasteiger partial charge in [0.05, 0.1) is 5.54 Å². The summed E-state index contributed by atoms with van der Waals surface area (Å²) >= 11 is 3.40. The molecule has 1 N–H and O–H groups in total. The van der Waals surface area contributed by atoms with Crippen LogP contribution in [0, 0.1) is 0 Å². The molecule has 2 atom stereocenters. The fourth-order valence-electron chi connectivity index (χ4n) is 1.95. The number of halogens is 3. The lowest BCUT2D eigenvalue weighted by Crippen LogP contribution is -2.39. The number of rotatable bonds is 1. The van der Waals surface area contributed by atoms with Crippen molar-refractivity contribution in [2.75, 3.05) is 6.54 Å². The van der Waals surface area contributed by atoms with Crippen LogP contribution in [0.2, 0.25) is 0 Å². The number of benzene rings is 1. The summed E-state index contributed by atoms with van der Waals surface area (Å²) in [5.74, 6) is 0. The predicted molar refractivity (Wildman–Crippen MR) is 66.3 cm³/mol. The van der Waals surface area contributed by atoms with Gasteiger partial charge in [-0.2, -0.15) is 0 Å². The molecule has 0 radical (unpaired) electrons. The van der Waals surface area contributed by atoms with Gasteiger partial charge in [-0.3, -0.25) is 0 Å². The second-order valence-corrected chi connectivity index (χ2v) is 4.81. The first-order valence-corrected chi connectivity index (χ1v) is 5.57. The van der Waals surface area contributed by atoms with Crippen LogP contribution in [0.15, 0.2) is 28.7 Å². The molecule has 0 aromatic heterocycles. The van der Waals surface area contributed by atoms with Crippen LogP contribution in [-0.4, -0.2) is 12.7 Å². The molecule has 15 heavy (non-hydrogen) atoms. The predicted octanol–water partition coefficient (Wildman–Crippen LogP) is 3.42. The molecule has 1 aliphatic rings. The highest BCUT2D eigenvalue weighted by Crippen LogP contribution is 2.33. The lowest BCUT2D eigenvalue weighted by atomic mass is 9.89. The van der Waals surface area contributed by atoms with Gasteiger partial charge < -0.3 is 5.32 Å². The van der Waals surface area contributed by atoms with Gasteiger partial charge in [-0.15, -0.1) is 12.4 Å². The summed E-state index contributed by atoms with van der Waals surface area (Å²) in [5, 5.41) is 3.23. The molecular weight excluding hydrogens is 280 g/mol. The van der Waals surface area contributed by atoms with Crippen LogP contribution in [0.4, 0.5) is 4.39 Å². The molecule has 1 nitrogen and oxygen atoms in total. The molecule has 1 fully saturated rings. The van der Waals surface area contributed by atoms with Gasteiger partial charge in [-0.1, -0.05) is 28.1 Å². The summed E-state index contributed by atoms with van der Waals surface area (Å²) in [7, 11) is 0. The van der Waals surface area contributed by atoms with Gasteiger partial charge in [-0.05, 0) is 37.6 Å². The van der Waals surface area contributed by atoms with Gasteiger partial charge in [0.25, 0.3) is 0 Å². The van der Waals surface area contributed by atoms with Gasteiger partial charge in [0, 0.05) is 4.47 Å². The van der Waals surface area contributed by atoms with E-state index in [9.17, 15) is 4.39 Å². The second kappa shape index (κ2) is 4.81. The van der Waals surface area contributed by atoms with Crippen molar-refractivity contribution in [1.82, 2.24) is 5.32 Å². The minimum atomic E-state index is -0.795. The van der Waals surface area contributed by atoms with Crippen LogP contribution >= 0.6 is 28.3 Å². The van der Waals surface area contributed by atoms with Crippen molar-refractivity contribution in [2.24, 2.45) is 0 Å². The Morgan fingerprint density at radius 3 is 2.80 bits per heavy atom. The summed E-state index contributed by atoms with van der Waals surface area (Å²) in [6.45, 7) is 2.68. The third kappa shape index (κ3) is 2.35. The normalized spacial score (nSPS) is 29.9. The number of alkyl halides is 1. The Balaban J connectivity index is 0.00000112. The average Bonchev–Trinajstić information content (AvgIpc) is 2.49. The van der Waals surface area contributed by atoms with E-state index in [1.54, 1.807) is 0 Å². The third-order valence-corrected chi connectivity index (χ3v) is 3.43. The summed E-state index contributed by atoms with van der Waals surface area (Å²) in [6, 6.07) is 7.84. The van der Waals surface area contributed by atoms with E-state index in [0.717, 1.165) is 16.6 Å². The highest BCUT2D eigenvalue weighted by atomic mass is 79.9. The highest BCUT2D eigenvalue weighted by Gasteiger charge is 2.40. The van der Waals surface area contributed by atoms with Crippen LogP contribution < -0.4 is 5.32 Å². The molecule has 0 saturated carbocycles. The van der Waals surface area contributed by atoms with E-state index in [1.807, 2.05) is 31.2 Å². The maximum Gasteiger partial charge on any atom is 0.123 e. The SMILES string of the molecule is CC1(c2cccc(Br)c2)NCCC1F.Cl. The first kappa shape index (κ1) is 12.9. The largest absolute Gasteiger partial charge is 0.305 e. The van der Waals surface area contributed by atoms with E-state index in [4.69, 9.17) is 0 Å². The quantitative estimate of drug-likeness (QED) is 0.837. The highest BCUT2D eigenvalue weighted by molar-refractivity contribution is 9.10. The first-order chi connectivity index (χ1) is 6.63. The number of hydrogen-bond acceptors (Lipinski definition) is 1. The Labute approximate surface area is 104 Å². The van der Waals surface area contributed by atoms with Crippen LogP contribution in [0.5, 0.6) is 0 Å². The van der Waals surface area contributed by atoms with E-state index in [-0.39, 0.29) is 12.4 Å². The van der Waals surface area contributed by atoms with Crippen molar-refractivity contribution in [3.63, 3.8) is 0 Å². The van der Waals surface area contributed by atoms with E-state index in [0.29, 0.717) is 6.42 Å². The van der Waals surface area contributed by atoms with Crippen LogP contribution in [0.3, 0.4) is 0 Å². The van der Waals surface area contributed by atoms with Crippen LogP contribution in [0.1, 0.15) is 18.9 Å². The molecule has 0 bridgehead atoms. The van der Waals surface area contributed by atoms with Gasteiger partial charge in [0.15, 0.2) is 0 Å². The van der Waals surface area contributed by atoms with Gasteiger partial charge in [0.1, 0.15) is 6.17 Å². The Morgan fingerprint density at radius 1 is 1.53 bits per heavy atom. The third-order valence-electron chi connectivity index (χ3n) is 2.94. The number of nitrogens with one attached hydrogen (secondary N) is 1. The molecule has 1 heterocycles. The topological polar surface area (TPSA) is 12.0 Å². The molecule has 2 unspecified atom stereocenters. The molecule has 0 spiro atoms. The first-order valence-electron chi connectivity index (χ1n) is 4.78. The van der Waals surface area contributed by atoms with Gasteiger partial charge in [0.2, 0.25) is 0 Å². The monoisotopic (exact) mass is 293 g/mol. The smallest absolute Gasteiger partial charge is 0.123 e. The molecule has 0 aliphatic carbocycles. The minimum Gasteiger partial charge on any atom is -0.305 e. The molecule has 1 aliphatic heterocycles. The lowest BCUT2D eigenvalue weighted by molar-refractivity contribution is 0.220. The summed E-state index contributed by atoms with van der Waals surface area (Å²) in [4.78, 5) is 0.